The van der Waals surface area contributed by atoms with Gasteiger partial charge in [-0.15, -0.1) is 0 Å². The molecule has 0 atom stereocenters. The average Bonchev–Trinajstić information content (AvgIpc) is 3.24. The molecule has 1 aromatic heterocycles. The maximum absolute atomic E-state index is 13.5. The smallest absolute Gasteiger partial charge is 0.369 e. The Morgan fingerprint density at radius 2 is 1.59 bits per heavy atom. The van der Waals surface area contributed by atoms with Crippen LogP contribution in [0.5, 0.6) is 0 Å². The number of piperazine rings is 1. The molecule has 0 radical (unpaired) electrons. The van der Waals surface area contributed by atoms with E-state index in [0.717, 1.165) is 44.0 Å². The van der Waals surface area contributed by atoms with Crippen LogP contribution in [0.3, 0.4) is 0 Å². The molecule has 0 aliphatic carbocycles. The van der Waals surface area contributed by atoms with Crippen molar-refractivity contribution in [1.82, 2.24) is 15.1 Å². The highest BCUT2D eigenvalue weighted by Crippen LogP contribution is 2.34. The van der Waals surface area contributed by atoms with Gasteiger partial charge in [-0.3, -0.25) is 0 Å². The molecule has 0 saturated carbocycles. The Kier molecular flexibility index (Phi) is 5.57. The lowest BCUT2D eigenvalue weighted by Crippen LogP contribution is -2.43. The summed E-state index contributed by atoms with van der Waals surface area (Å²) in [5.74, 6) is 0. The van der Waals surface area contributed by atoms with Crippen LogP contribution in [-0.2, 0) is 16.0 Å². The first-order valence-corrected chi connectivity index (χ1v) is 12.2. The number of anilines is 1. The van der Waals surface area contributed by atoms with Crippen molar-refractivity contribution in [3.8, 4) is 5.69 Å². The molecule has 1 saturated heterocycles. The van der Waals surface area contributed by atoms with Crippen molar-refractivity contribution >= 4 is 26.4 Å². The van der Waals surface area contributed by atoms with E-state index in [0.29, 0.717) is 10.9 Å². The second-order valence-corrected chi connectivity index (χ2v) is 9.89. The molecule has 6 nitrogen and oxygen atoms in total. The van der Waals surface area contributed by atoms with Crippen molar-refractivity contribution in [3.05, 3.63) is 78.4 Å². The predicted octanol–water partition coefficient (Wildman–Crippen LogP) is 4.29. The quantitative estimate of drug-likeness (QED) is 0.466. The fraction of sp³-hybridized carbons (Fsp3) is 0.208. The second-order valence-electron chi connectivity index (χ2n) is 8.02. The fourth-order valence-electron chi connectivity index (χ4n) is 4.12. The molecule has 1 aliphatic rings. The Labute approximate surface area is 194 Å². The Morgan fingerprint density at radius 3 is 2.29 bits per heavy atom. The molecule has 176 valence electrons. The van der Waals surface area contributed by atoms with Gasteiger partial charge in [0.2, 0.25) is 9.84 Å². The van der Waals surface area contributed by atoms with E-state index in [2.05, 4.69) is 15.3 Å². The van der Waals surface area contributed by atoms with Gasteiger partial charge >= 0.3 is 6.18 Å². The molecule has 1 fully saturated rings. The largest absolute Gasteiger partial charge is 0.416 e. The summed E-state index contributed by atoms with van der Waals surface area (Å²) < 4.78 is 68.3. The van der Waals surface area contributed by atoms with Crippen LogP contribution in [0.1, 0.15) is 5.56 Å². The van der Waals surface area contributed by atoms with Crippen molar-refractivity contribution in [2.45, 2.75) is 16.1 Å². The molecule has 3 aromatic carbocycles. The molecule has 1 N–H and O–H groups in total. The van der Waals surface area contributed by atoms with E-state index in [1.54, 1.807) is 30.3 Å². The molecule has 2 heterocycles. The minimum Gasteiger partial charge on any atom is -0.369 e. The van der Waals surface area contributed by atoms with Crippen LogP contribution < -0.4 is 10.2 Å². The fourth-order valence-corrected chi connectivity index (χ4v) is 5.50. The summed E-state index contributed by atoms with van der Waals surface area (Å²) in [6.07, 6.45) is -4.53. The van der Waals surface area contributed by atoms with Gasteiger partial charge < -0.3 is 10.2 Å². The van der Waals surface area contributed by atoms with Gasteiger partial charge in [0.15, 0.2) is 5.03 Å². The Balaban J connectivity index is 1.73. The molecular weight excluding hydrogens is 465 g/mol. The number of nitrogens with zero attached hydrogens (tertiary/aromatic N) is 3. The minimum atomic E-state index is -4.53. The molecule has 4 aromatic rings. The number of alkyl halides is 3. The predicted molar refractivity (Wildman–Crippen MR) is 123 cm³/mol. The third-order valence-corrected chi connectivity index (χ3v) is 7.54. The van der Waals surface area contributed by atoms with E-state index >= 15 is 0 Å². The summed E-state index contributed by atoms with van der Waals surface area (Å²) in [7, 11) is -4.02. The molecule has 34 heavy (non-hydrogen) atoms. The summed E-state index contributed by atoms with van der Waals surface area (Å²) >= 11 is 0. The van der Waals surface area contributed by atoms with Crippen LogP contribution in [0, 0.1) is 0 Å². The van der Waals surface area contributed by atoms with Gasteiger partial charge in [0.1, 0.15) is 0 Å². The van der Waals surface area contributed by atoms with E-state index in [1.165, 1.54) is 28.9 Å². The number of fused-ring (bicyclic) bond motifs is 1. The van der Waals surface area contributed by atoms with E-state index in [1.807, 2.05) is 6.07 Å². The maximum Gasteiger partial charge on any atom is 0.416 e. The van der Waals surface area contributed by atoms with Crippen LogP contribution in [-0.4, -0.2) is 44.4 Å². The monoisotopic (exact) mass is 486 g/mol. The van der Waals surface area contributed by atoms with Crippen molar-refractivity contribution in [2.24, 2.45) is 0 Å². The number of sulfone groups is 1. The summed E-state index contributed by atoms with van der Waals surface area (Å²) in [6, 6.07) is 17.9. The highest BCUT2D eigenvalue weighted by Gasteiger charge is 2.31. The molecule has 0 unspecified atom stereocenters. The topological polar surface area (TPSA) is 67.2 Å². The zero-order valence-corrected chi connectivity index (χ0v) is 18.8. The molecule has 10 heteroatoms. The minimum absolute atomic E-state index is 0.0677. The Morgan fingerprint density at radius 1 is 0.853 bits per heavy atom. The zero-order chi connectivity index (χ0) is 23.9. The van der Waals surface area contributed by atoms with Crippen molar-refractivity contribution < 1.29 is 21.6 Å². The van der Waals surface area contributed by atoms with Gasteiger partial charge in [0.05, 0.1) is 21.7 Å². The first kappa shape index (κ1) is 22.4. The van der Waals surface area contributed by atoms with Crippen molar-refractivity contribution in [2.75, 3.05) is 31.1 Å². The first-order chi connectivity index (χ1) is 16.2. The average molecular weight is 487 g/mol. The van der Waals surface area contributed by atoms with Crippen LogP contribution >= 0.6 is 0 Å². The number of rotatable bonds is 4. The number of hydrogen-bond acceptors (Lipinski definition) is 5. The third-order valence-electron chi connectivity index (χ3n) is 5.84. The van der Waals surface area contributed by atoms with Crippen LogP contribution in [0.25, 0.3) is 16.6 Å². The van der Waals surface area contributed by atoms with Crippen molar-refractivity contribution in [1.29, 1.82) is 0 Å². The summed E-state index contributed by atoms with van der Waals surface area (Å²) in [4.78, 5) is 2.20. The van der Waals surface area contributed by atoms with Gasteiger partial charge in [-0.1, -0.05) is 24.3 Å². The lowest BCUT2D eigenvalue weighted by Gasteiger charge is -2.29. The highest BCUT2D eigenvalue weighted by molar-refractivity contribution is 7.91. The molecule has 1 aliphatic heterocycles. The second kappa shape index (κ2) is 8.44. The summed E-state index contributed by atoms with van der Waals surface area (Å²) in [5.41, 5.74) is 0.539. The summed E-state index contributed by atoms with van der Waals surface area (Å²) in [6.45, 7) is 3.12. The van der Waals surface area contributed by atoms with Crippen LogP contribution in [0.15, 0.2) is 82.7 Å². The van der Waals surface area contributed by atoms with E-state index in [-0.39, 0.29) is 15.6 Å². The number of nitrogens with one attached hydrogen (secondary N) is 1. The third kappa shape index (κ3) is 4.03. The standard InChI is InChI=1S/C24H21F3N4O2S/c25-24(26,27)17-5-4-6-19(15-17)31-22-10-9-18(30-13-11-28-12-14-30)16-21(22)23(29-31)34(32,33)20-7-2-1-3-8-20/h1-10,15-16,28H,11-14H2. The highest BCUT2D eigenvalue weighted by atomic mass is 32.2. The Bertz CT molecular complexity index is 1440. The summed E-state index contributed by atoms with van der Waals surface area (Å²) in [5, 5.41) is 7.79. The van der Waals surface area contributed by atoms with E-state index in [4.69, 9.17) is 0 Å². The maximum atomic E-state index is 13.5. The molecular formula is C24H21F3N4O2S. The van der Waals surface area contributed by atoms with E-state index in [9.17, 15) is 21.6 Å². The zero-order valence-electron chi connectivity index (χ0n) is 18.0. The molecule has 0 amide bonds. The van der Waals surface area contributed by atoms with Crippen LogP contribution in [0.2, 0.25) is 0 Å². The van der Waals surface area contributed by atoms with Gasteiger partial charge in [0.25, 0.3) is 0 Å². The molecule has 5 rings (SSSR count). The van der Waals surface area contributed by atoms with E-state index < -0.39 is 21.6 Å². The van der Waals surface area contributed by atoms with Gasteiger partial charge in [-0.2, -0.15) is 18.3 Å². The number of benzene rings is 3. The van der Waals surface area contributed by atoms with Crippen LogP contribution in [0.4, 0.5) is 18.9 Å². The molecule has 0 spiro atoms. The Hall–Kier alpha value is -3.37. The van der Waals surface area contributed by atoms with Gasteiger partial charge in [-0.25, -0.2) is 13.1 Å². The SMILES string of the molecule is O=S(=O)(c1ccccc1)c1nn(-c2cccc(C(F)(F)F)c2)c2ccc(N3CCNCC3)cc12. The first-order valence-electron chi connectivity index (χ1n) is 10.7. The number of hydrogen-bond donors (Lipinski definition) is 1. The van der Waals surface area contributed by atoms with Gasteiger partial charge in [-0.05, 0) is 48.5 Å². The number of aromatic nitrogens is 2. The normalized spacial score (nSPS) is 15.1. The molecule has 0 bridgehead atoms. The number of halogens is 3. The lowest BCUT2D eigenvalue weighted by atomic mass is 10.1. The van der Waals surface area contributed by atoms with Crippen molar-refractivity contribution in [3.63, 3.8) is 0 Å². The lowest BCUT2D eigenvalue weighted by molar-refractivity contribution is -0.137. The van der Waals surface area contributed by atoms with Gasteiger partial charge in [0, 0.05) is 37.3 Å².